The van der Waals surface area contributed by atoms with Crippen molar-refractivity contribution in [1.82, 2.24) is 4.98 Å². The van der Waals surface area contributed by atoms with Gasteiger partial charge in [0.15, 0.2) is 0 Å². The quantitative estimate of drug-likeness (QED) is 0.368. The van der Waals surface area contributed by atoms with Crippen molar-refractivity contribution in [3.05, 3.63) is 65.3 Å². The summed E-state index contributed by atoms with van der Waals surface area (Å²) in [6.07, 6.45) is 2.42. The zero-order valence-corrected chi connectivity index (χ0v) is 23.3. The molecular weight excluding hydrogens is 546 g/mol. The molecule has 1 fully saturated rings. The molecule has 3 aromatic rings. The summed E-state index contributed by atoms with van der Waals surface area (Å²) in [4.78, 5) is 39.9. The molecule has 9 nitrogen and oxygen atoms in total. The molecule has 1 saturated carbocycles. The first-order chi connectivity index (χ1) is 19.0. The van der Waals surface area contributed by atoms with Crippen LogP contribution in [0.5, 0.6) is 5.88 Å². The molecule has 0 aliphatic heterocycles. The molecule has 41 heavy (non-hydrogen) atoms. The lowest BCUT2D eigenvalue weighted by Gasteiger charge is -2.49. The maximum atomic E-state index is 13.8. The van der Waals surface area contributed by atoms with Crippen LogP contribution in [0.25, 0.3) is 10.8 Å². The number of rotatable bonds is 7. The smallest absolute Gasteiger partial charge is 0.239 e. The number of nitriles is 1. The molecule has 4 unspecified atom stereocenters. The Morgan fingerprint density at radius 2 is 1.83 bits per heavy atom. The van der Waals surface area contributed by atoms with Gasteiger partial charge in [-0.05, 0) is 56.7 Å². The van der Waals surface area contributed by atoms with Gasteiger partial charge in [0.05, 0.1) is 46.6 Å². The van der Waals surface area contributed by atoms with Crippen molar-refractivity contribution in [2.24, 2.45) is 11.3 Å². The van der Waals surface area contributed by atoms with Crippen LogP contribution in [0.2, 0.25) is 5.02 Å². The van der Waals surface area contributed by atoms with Crippen LogP contribution < -0.4 is 9.64 Å². The normalized spacial score (nSPS) is 23.1. The molecule has 1 heterocycles. The average molecular weight is 582 g/mol. The van der Waals surface area contributed by atoms with Crippen LogP contribution in [-0.4, -0.2) is 52.1 Å². The number of aldehydes is 1. The summed E-state index contributed by atoms with van der Waals surface area (Å²) in [5.41, 5.74) is -1.58. The average Bonchev–Trinajstić information content (AvgIpc) is 2.93. The molecule has 0 spiro atoms. The second-order valence-electron chi connectivity index (χ2n) is 10.3. The highest BCUT2D eigenvalue weighted by Gasteiger charge is 2.53. The Kier molecular flexibility index (Phi) is 11.5. The second kappa shape index (κ2) is 14.2. The minimum atomic E-state index is -1.75. The summed E-state index contributed by atoms with van der Waals surface area (Å²) in [6, 6.07) is 15.6. The van der Waals surface area contributed by atoms with Crippen molar-refractivity contribution in [3.8, 4) is 11.9 Å². The Morgan fingerprint density at radius 1 is 1.17 bits per heavy atom. The first-order valence-electron chi connectivity index (χ1n) is 12.8. The Labute approximate surface area is 245 Å². The number of nitrogens with zero attached hydrogens (tertiary/aromatic N) is 3. The number of halogens is 1. The Bertz CT molecular complexity index is 1410. The SMILES string of the molecule is C.CC1(CCOc2ccc(Cl)cn2)CC(O)C(C)(O)C(C(=O)N(C=O)c2ccc(C#N)c3ccccc23)C1.CC=O. The Morgan fingerprint density at radius 3 is 2.41 bits per heavy atom. The van der Waals surface area contributed by atoms with Crippen LogP contribution in [0.1, 0.15) is 53.0 Å². The van der Waals surface area contributed by atoms with Gasteiger partial charge in [0, 0.05) is 23.0 Å². The lowest BCUT2D eigenvalue weighted by atomic mass is 9.61. The van der Waals surface area contributed by atoms with Crippen LogP contribution in [0, 0.1) is 22.7 Å². The molecule has 4 atom stereocenters. The van der Waals surface area contributed by atoms with Gasteiger partial charge in [0.2, 0.25) is 18.2 Å². The predicted octanol–water partition coefficient (Wildman–Crippen LogP) is 5.09. The number of anilines is 1. The van der Waals surface area contributed by atoms with Crippen LogP contribution in [0.15, 0.2) is 54.7 Å². The van der Waals surface area contributed by atoms with Crippen molar-refractivity contribution < 1.29 is 29.3 Å². The molecule has 2 aromatic carbocycles. The van der Waals surface area contributed by atoms with E-state index in [1.165, 1.54) is 20.0 Å². The standard InChI is InChI=1S/C28H28ClN3O5.C2H4O.CH4/c1-27(11-12-37-25-10-8-19(29)16-31-25)13-22(28(2,36)24(34)14-27)26(35)32(17-33)23-9-7-18(15-30)20-5-3-4-6-21(20)23;1-2-3;/h3-10,16-17,22,24,34,36H,11-14H2,1-2H3;2H,1H3;1H4. The van der Waals surface area contributed by atoms with E-state index in [2.05, 4.69) is 11.1 Å². The Balaban J connectivity index is 0.00000141. The maximum absolute atomic E-state index is 13.8. The lowest BCUT2D eigenvalue weighted by molar-refractivity contribution is -0.169. The van der Waals surface area contributed by atoms with Crippen molar-refractivity contribution in [2.75, 3.05) is 11.5 Å². The molecule has 0 radical (unpaired) electrons. The topological polar surface area (TPSA) is 141 Å². The van der Waals surface area contributed by atoms with Crippen molar-refractivity contribution in [3.63, 3.8) is 0 Å². The third-order valence-electron chi connectivity index (χ3n) is 7.34. The summed E-state index contributed by atoms with van der Waals surface area (Å²) in [6.45, 7) is 5.07. The van der Waals surface area contributed by atoms with E-state index >= 15 is 0 Å². The molecule has 4 rings (SSSR count). The minimum Gasteiger partial charge on any atom is -0.478 e. The highest BCUT2D eigenvalue weighted by molar-refractivity contribution is 6.30. The molecule has 1 aromatic heterocycles. The van der Waals surface area contributed by atoms with Gasteiger partial charge in [0.1, 0.15) is 6.29 Å². The summed E-state index contributed by atoms with van der Waals surface area (Å²) in [5, 5.41) is 33.2. The van der Waals surface area contributed by atoms with Gasteiger partial charge in [0.25, 0.3) is 0 Å². The summed E-state index contributed by atoms with van der Waals surface area (Å²) < 4.78 is 5.73. The maximum Gasteiger partial charge on any atom is 0.239 e. The highest BCUT2D eigenvalue weighted by atomic mass is 35.5. The number of carbonyl (C=O) groups is 3. The fourth-order valence-electron chi connectivity index (χ4n) is 5.07. The number of imide groups is 1. The molecule has 1 aliphatic rings. The van der Waals surface area contributed by atoms with Gasteiger partial charge in [-0.15, -0.1) is 0 Å². The molecule has 218 valence electrons. The van der Waals surface area contributed by atoms with Crippen molar-refractivity contribution in [1.29, 1.82) is 5.26 Å². The molecule has 1 aliphatic carbocycles. The fourth-order valence-corrected chi connectivity index (χ4v) is 5.18. The van der Waals surface area contributed by atoms with E-state index in [4.69, 9.17) is 21.1 Å². The van der Waals surface area contributed by atoms with Gasteiger partial charge < -0.3 is 19.7 Å². The van der Waals surface area contributed by atoms with Crippen LogP contribution in [0.4, 0.5) is 5.69 Å². The Hall–Kier alpha value is -3.84. The zero-order chi connectivity index (χ0) is 29.5. The number of carbonyl (C=O) groups excluding carboxylic acids is 3. The first-order valence-corrected chi connectivity index (χ1v) is 13.1. The number of fused-ring (bicyclic) bond motifs is 1. The van der Waals surface area contributed by atoms with Gasteiger partial charge in [-0.2, -0.15) is 5.26 Å². The molecule has 2 amide bonds. The van der Waals surface area contributed by atoms with E-state index in [-0.39, 0.29) is 26.9 Å². The van der Waals surface area contributed by atoms with Gasteiger partial charge >= 0.3 is 0 Å². The number of aliphatic hydroxyl groups excluding tert-OH is 1. The molecule has 0 bridgehead atoms. The molecular formula is C31H36ClN3O6. The number of hydrogen-bond donors (Lipinski definition) is 2. The second-order valence-corrected chi connectivity index (χ2v) is 10.7. The van der Waals surface area contributed by atoms with Gasteiger partial charge in [-0.1, -0.05) is 50.2 Å². The number of hydrogen-bond acceptors (Lipinski definition) is 8. The van der Waals surface area contributed by atoms with E-state index in [0.29, 0.717) is 45.8 Å². The third-order valence-corrected chi connectivity index (χ3v) is 7.56. The van der Waals surface area contributed by atoms with Crippen LogP contribution >= 0.6 is 11.6 Å². The van der Waals surface area contributed by atoms with Gasteiger partial charge in [-0.25, -0.2) is 4.98 Å². The number of pyridine rings is 1. The van der Waals surface area contributed by atoms with E-state index < -0.39 is 28.9 Å². The van der Waals surface area contributed by atoms with E-state index in [1.807, 2.05) is 6.92 Å². The number of ether oxygens (including phenoxy) is 1. The molecule has 0 saturated heterocycles. The number of aliphatic hydroxyl groups is 2. The predicted molar refractivity (Wildman–Crippen MR) is 158 cm³/mol. The van der Waals surface area contributed by atoms with Crippen molar-refractivity contribution in [2.45, 2.75) is 59.2 Å². The molecule has 2 N–H and O–H groups in total. The lowest BCUT2D eigenvalue weighted by Crippen LogP contribution is -2.59. The number of benzene rings is 2. The van der Waals surface area contributed by atoms with E-state index in [9.17, 15) is 25.1 Å². The summed E-state index contributed by atoms with van der Waals surface area (Å²) >= 11 is 5.86. The van der Waals surface area contributed by atoms with Crippen LogP contribution in [0.3, 0.4) is 0 Å². The first kappa shape index (κ1) is 33.4. The van der Waals surface area contributed by atoms with E-state index in [0.717, 1.165) is 11.2 Å². The van der Waals surface area contributed by atoms with E-state index in [1.54, 1.807) is 48.5 Å². The van der Waals surface area contributed by atoms with Gasteiger partial charge in [-0.3, -0.25) is 14.5 Å². The monoisotopic (exact) mass is 581 g/mol. The fraction of sp³-hybridized carbons (Fsp3) is 0.387. The van der Waals surface area contributed by atoms with Crippen LogP contribution in [-0.2, 0) is 14.4 Å². The summed E-state index contributed by atoms with van der Waals surface area (Å²) in [5.74, 6) is -1.28. The van der Waals surface area contributed by atoms with Crippen molar-refractivity contribution >= 4 is 46.7 Å². The molecule has 10 heteroatoms. The summed E-state index contributed by atoms with van der Waals surface area (Å²) in [7, 11) is 0. The largest absolute Gasteiger partial charge is 0.478 e. The number of amides is 2. The zero-order valence-electron chi connectivity index (χ0n) is 22.6. The number of aromatic nitrogens is 1. The minimum absolute atomic E-state index is 0. The third kappa shape index (κ3) is 7.47. The highest BCUT2D eigenvalue weighted by Crippen LogP contribution is 2.47.